The molecule has 2 aromatic rings. The van der Waals surface area contributed by atoms with Crippen molar-refractivity contribution in [3.8, 4) is 0 Å². The van der Waals surface area contributed by atoms with Gasteiger partial charge in [0.1, 0.15) is 0 Å². The molecule has 1 aliphatic carbocycles. The van der Waals surface area contributed by atoms with Gasteiger partial charge in [-0.15, -0.1) is 0 Å². The highest BCUT2D eigenvalue weighted by Crippen LogP contribution is 2.45. The summed E-state index contributed by atoms with van der Waals surface area (Å²) in [5.41, 5.74) is 4.28. The summed E-state index contributed by atoms with van der Waals surface area (Å²) in [7, 11) is 0. The molecule has 0 bridgehead atoms. The maximum atomic E-state index is 13.2. The zero-order valence-corrected chi connectivity index (χ0v) is 16.9. The number of aryl methyl sites for hydroxylation is 2. The van der Waals surface area contributed by atoms with Crippen LogP contribution in [-0.2, 0) is 17.6 Å². The van der Waals surface area contributed by atoms with Crippen molar-refractivity contribution in [3.63, 3.8) is 0 Å². The van der Waals surface area contributed by atoms with Gasteiger partial charge in [-0.3, -0.25) is 14.6 Å². The molecule has 2 fully saturated rings. The van der Waals surface area contributed by atoms with Crippen LogP contribution in [0.2, 0.25) is 0 Å². The highest BCUT2D eigenvalue weighted by Gasteiger charge is 2.49. The molecule has 0 saturated carbocycles. The van der Waals surface area contributed by atoms with Crippen LogP contribution in [0.3, 0.4) is 0 Å². The average molecular weight is 389 g/mol. The molecular formula is C24H27N3O2. The van der Waals surface area contributed by atoms with E-state index in [2.05, 4.69) is 23.2 Å². The number of aromatic nitrogens is 1. The van der Waals surface area contributed by atoms with Crippen LogP contribution in [0.15, 0.2) is 42.6 Å². The average Bonchev–Trinajstić information content (AvgIpc) is 3.31. The maximum Gasteiger partial charge on any atom is 0.255 e. The first kappa shape index (κ1) is 18.3. The summed E-state index contributed by atoms with van der Waals surface area (Å²) in [5, 5.41) is 0. The molecule has 5 heteroatoms. The topological polar surface area (TPSA) is 53.5 Å². The van der Waals surface area contributed by atoms with E-state index in [4.69, 9.17) is 0 Å². The van der Waals surface area contributed by atoms with Crippen molar-refractivity contribution in [3.05, 3.63) is 65.0 Å². The molecule has 0 N–H and O–H groups in total. The number of amides is 2. The number of fused-ring (bicyclic) bond motifs is 2. The highest BCUT2D eigenvalue weighted by atomic mass is 16.2. The fourth-order valence-corrected chi connectivity index (χ4v) is 5.50. The van der Waals surface area contributed by atoms with Crippen LogP contribution in [0.1, 0.15) is 53.0 Å². The molecule has 3 aliphatic rings. The third-order valence-corrected chi connectivity index (χ3v) is 6.91. The number of benzene rings is 1. The Morgan fingerprint density at radius 3 is 2.62 bits per heavy atom. The second-order valence-corrected chi connectivity index (χ2v) is 8.70. The summed E-state index contributed by atoms with van der Waals surface area (Å²) in [6.07, 6.45) is 6.18. The van der Waals surface area contributed by atoms with Crippen molar-refractivity contribution in [1.29, 1.82) is 0 Å². The number of rotatable bonds is 2. The van der Waals surface area contributed by atoms with Crippen LogP contribution in [0.25, 0.3) is 0 Å². The smallest absolute Gasteiger partial charge is 0.255 e. The lowest BCUT2D eigenvalue weighted by atomic mass is 9.89. The second-order valence-electron chi connectivity index (χ2n) is 8.70. The molecule has 5 nitrogen and oxygen atoms in total. The van der Waals surface area contributed by atoms with Gasteiger partial charge in [0.2, 0.25) is 5.91 Å². The number of pyridine rings is 1. The van der Waals surface area contributed by atoms with Crippen molar-refractivity contribution in [1.82, 2.24) is 14.8 Å². The predicted octanol–water partition coefficient (Wildman–Crippen LogP) is 3.25. The lowest BCUT2D eigenvalue weighted by molar-refractivity contribution is -0.130. The van der Waals surface area contributed by atoms with Crippen molar-refractivity contribution in [2.75, 3.05) is 19.6 Å². The Kier molecular flexibility index (Phi) is 4.61. The first-order valence-electron chi connectivity index (χ1n) is 10.7. The SMILES string of the molecule is CC(=O)N1C[C@H]2CN(C(=O)c3cnc4c(c3)CCCC4)C[C@H]2[C@@H]1c1ccccc1. The zero-order chi connectivity index (χ0) is 20.0. The molecule has 0 spiro atoms. The van der Waals surface area contributed by atoms with Gasteiger partial charge in [-0.25, -0.2) is 0 Å². The van der Waals surface area contributed by atoms with E-state index in [0.29, 0.717) is 24.6 Å². The minimum Gasteiger partial charge on any atom is -0.338 e. The number of likely N-dealkylation sites (tertiary alicyclic amines) is 2. The zero-order valence-electron chi connectivity index (χ0n) is 16.9. The van der Waals surface area contributed by atoms with Crippen LogP contribution in [0.4, 0.5) is 0 Å². The first-order chi connectivity index (χ1) is 14.1. The van der Waals surface area contributed by atoms with E-state index in [1.54, 1.807) is 13.1 Å². The molecule has 5 rings (SSSR count). The molecule has 29 heavy (non-hydrogen) atoms. The highest BCUT2D eigenvalue weighted by molar-refractivity contribution is 5.94. The molecule has 2 saturated heterocycles. The van der Waals surface area contributed by atoms with E-state index >= 15 is 0 Å². The van der Waals surface area contributed by atoms with Crippen LogP contribution in [-0.4, -0.2) is 46.2 Å². The Balaban J connectivity index is 1.38. The molecule has 0 unspecified atom stereocenters. The Morgan fingerprint density at radius 2 is 1.83 bits per heavy atom. The maximum absolute atomic E-state index is 13.2. The van der Waals surface area contributed by atoms with Gasteiger partial charge in [0.25, 0.3) is 5.91 Å². The van der Waals surface area contributed by atoms with Crippen LogP contribution >= 0.6 is 0 Å². The molecule has 1 aromatic heterocycles. The third kappa shape index (κ3) is 3.22. The molecule has 0 radical (unpaired) electrons. The number of hydrogen-bond donors (Lipinski definition) is 0. The monoisotopic (exact) mass is 389 g/mol. The number of nitrogens with zero attached hydrogens (tertiary/aromatic N) is 3. The van der Waals surface area contributed by atoms with Gasteiger partial charge < -0.3 is 9.80 Å². The number of carbonyl (C=O) groups is 2. The lowest BCUT2D eigenvalue weighted by Gasteiger charge is -2.29. The predicted molar refractivity (Wildman–Crippen MR) is 110 cm³/mol. The molecule has 150 valence electrons. The van der Waals surface area contributed by atoms with Gasteiger partial charge in [-0.2, -0.15) is 0 Å². The molecule has 1 aromatic carbocycles. The Hall–Kier alpha value is -2.69. The molecule has 3 atom stereocenters. The molecule has 3 heterocycles. The summed E-state index contributed by atoms with van der Waals surface area (Å²) in [6.45, 7) is 3.79. The van der Waals surface area contributed by atoms with Gasteiger partial charge >= 0.3 is 0 Å². The Morgan fingerprint density at radius 1 is 1.03 bits per heavy atom. The Bertz CT molecular complexity index is 942. The fourth-order valence-electron chi connectivity index (χ4n) is 5.50. The van der Waals surface area contributed by atoms with E-state index in [9.17, 15) is 9.59 Å². The summed E-state index contributed by atoms with van der Waals surface area (Å²) in [5.74, 6) is 0.820. The molecule has 2 amide bonds. The van der Waals surface area contributed by atoms with Gasteiger partial charge in [-0.05, 0) is 42.9 Å². The largest absolute Gasteiger partial charge is 0.338 e. The summed E-state index contributed by atoms with van der Waals surface area (Å²) < 4.78 is 0. The fraction of sp³-hybridized carbons (Fsp3) is 0.458. The number of hydrogen-bond acceptors (Lipinski definition) is 3. The second kappa shape index (κ2) is 7.29. The van der Waals surface area contributed by atoms with E-state index in [1.165, 1.54) is 24.0 Å². The molecular weight excluding hydrogens is 362 g/mol. The van der Waals surface area contributed by atoms with Crippen molar-refractivity contribution in [2.45, 2.75) is 38.6 Å². The standard InChI is InChI=1S/C24H27N3O2/c1-16(28)27-14-20-13-26(15-21(20)23(27)17-7-3-2-4-8-17)24(29)19-11-18-9-5-6-10-22(18)25-12-19/h2-4,7-8,11-12,20-21,23H,5-6,9-10,13-15H2,1H3/t20-,21-,23+/m1/s1. The van der Waals surface area contributed by atoms with E-state index in [0.717, 1.165) is 25.1 Å². The number of carbonyl (C=O) groups excluding carboxylic acids is 2. The minimum atomic E-state index is 0.0538. The van der Waals surface area contributed by atoms with Crippen LogP contribution in [0, 0.1) is 11.8 Å². The first-order valence-corrected chi connectivity index (χ1v) is 10.7. The van der Waals surface area contributed by atoms with Gasteiger partial charge in [-0.1, -0.05) is 30.3 Å². The van der Waals surface area contributed by atoms with Crippen LogP contribution < -0.4 is 0 Å². The third-order valence-electron chi connectivity index (χ3n) is 6.91. The van der Waals surface area contributed by atoms with Crippen molar-refractivity contribution in [2.24, 2.45) is 11.8 Å². The van der Waals surface area contributed by atoms with Gasteiger partial charge in [0.15, 0.2) is 0 Å². The van der Waals surface area contributed by atoms with Crippen LogP contribution in [0.5, 0.6) is 0 Å². The summed E-state index contributed by atoms with van der Waals surface area (Å²) in [4.78, 5) is 34.1. The van der Waals surface area contributed by atoms with E-state index in [1.807, 2.05) is 28.0 Å². The minimum absolute atomic E-state index is 0.0538. The van der Waals surface area contributed by atoms with Crippen molar-refractivity contribution >= 4 is 11.8 Å². The Labute approximate surface area is 171 Å². The van der Waals surface area contributed by atoms with E-state index < -0.39 is 0 Å². The van der Waals surface area contributed by atoms with Crippen molar-refractivity contribution < 1.29 is 9.59 Å². The summed E-state index contributed by atoms with van der Waals surface area (Å²) in [6, 6.07) is 12.4. The quantitative estimate of drug-likeness (QED) is 0.792. The normalized spacial score (nSPS) is 25.6. The van der Waals surface area contributed by atoms with Gasteiger partial charge in [0.05, 0.1) is 11.6 Å². The lowest BCUT2D eigenvalue weighted by Crippen LogP contribution is -2.36. The summed E-state index contributed by atoms with van der Waals surface area (Å²) >= 11 is 0. The van der Waals surface area contributed by atoms with Gasteiger partial charge in [0, 0.05) is 50.3 Å². The van der Waals surface area contributed by atoms with E-state index in [-0.39, 0.29) is 23.8 Å². The molecule has 2 aliphatic heterocycles.